The van der Waals surface area contributed by atoms with Gasteiger partial charge in [-0.15, -0.1) is 0 Å². The Labute approximate surface area is 114 Å². The molecule has 6 heteroatoms. The van der Waals surface area contributed by atoms with Crippen molar-refractivity contribution in [2.24, 2.45) is 0 Å². The van der Waals surface area contributed by atoms with Gasteiger partial charge in [-0.1, -0.05) is 31.9 Å². The van der Waals surface area contributed by atoms with Gasteiger partial charge in [0.25, 0.3) is 0 Å². The molecule has 110 valence electrons. The predicted octanol–water partition coefficient (Wildman–Crippen LogP) is 1.44. The molecule has 0 aromatic carbocycles. The lowest BCUT2D eigenvalue weighted by atomic mass is 10.5. The van der Waals surface area contributed by atoms with Crippen molar-refractivity contribution in [1.82, 2.24) is 4.90 Å². The molecule has 0 aliphatic rings. The third kappa shape index (κ3) is 36.1. The number of ether oxygens (including phenoxy) is 1. The van der Waals surface area contributed by atoms with Crippen molar-refractivity contribution in [2.45, 2.75) is 34.6 Å². The van der Waals surface area contributed by atoms with E-state index < -0.39 is 23.1 Å². The lowest BCUT2D eigenvalue weighted by Gasteiger charge is -2.13. The zero-order chi connectivity index (χ0) is 15.1. The first-order valence-electron chi connectivity index (χ1n) is 5.87. The SMILES string of the molecule is CC(=O)OC(C)=O.CCN(CC)CC.C[S+](C)[O-]. The average molecular weight is 281 g/mol. The van der Waals surface area contributed by atoms with E-state index in [0.717, 1.165) is 0 Å². The molecule has 0 aliphatic heterocycles. The molecule has 0 unspecified atom stereocenters. The molecular weight excluding hydrogens is 254 g/mol. The van der Waals surface area contributed by atoms with Gasteiger partial charge in [0.15, 0.2) is 0 Å². The van der Waals surface area contributed by atoms with Crippen LogP contribution in [0.5, 0.6) is 0 Å². The second kappa shape index (κ2) is 16.4. The van der Waals surface area contributed by atoms with Crippen LogP contribution in [-0.2, 0) is 25.5 Å². The van der Waals surface area contributed by atoms with Gasteiger partial charge in [-0.2, -0.15) is 0 Å². The van der Waals surface area contributed by atoms with Crippen molar-refractivity contribution >= 4 is 23.1 Å². The van der Waals surface area contributed by atoms with Gasteiger partial charge < -0.3 is 14.2 Å². The number of hydrogen-bond donors (Lipinski definition) is 0. The number of esters is 2. The summed E-state index contributed by atoms with van der Waals surface area (Å²) in [6.07, 6.45) is 3.28. The van der Waals surface area contributed by atoms with E-state index in [2.05, 4.69) is 30.4 Å². The van der Waals surface area contributed by atoms with E-state index >= 15 is 0 Å². The molecule has 0 N–H and O–H groups in total. The summed E-state index contributed by atoms with van der Waals surface area (Å²) in [6.45, 7) is 12.5. The Bertz CT molecular complexity index is 186. The Morgan fingerprint density at radius 1 is 1.00 bits per heavy atom. The summed E-state index contributed by atoms with van der Waals surface area (Å²) in [6, 6.07) is 0. The zero-order valence-electron chi connectivity index (χ0n) is 12.6. The van der Waals surface area contributed by atoms with Crippen LogP contribution in [0.3, 0.4) is 0 Å². The van der Waals surface area contributed by atoms with E-state index in [1.807, 2.05) is 0 Å². The number of carbonyl (C=O) groups is 2. The average Bonchev–Trinajstić information content (AvgIpc) is 2.18. The monoisotopic (exact) mass is 281 g/mol. The van der Waals surface area contributed by atoms with Gasteiger partial charge in [-0.25, -0.2) is 0 Å². The van der Waals surface area contributed by atoms with Gasteiger partial charge in [0.05, 0.1) is 12.5 Å². The van der Waals surface area contributed by atoms with Gasteiger partial charge in [-0.05, 0) is 19.6 Å². The Morgan fingerprint density at radius 2 is 1.22 bits per heavy atom. The minimum atomic E-state index is -0.611. The van der Waals surface area contributed by atoms with Gasteiger partial charge >= 0.3 is 11.9 Å². The number of hydrogen-bond acceptors (Lipinski definition) is 5. The first kappa shape index (κ1) is 22.6. The van der Waals surface area contributed by atoms with Crippen LogP contribution in [0.1, 0.15) is 34.6 Å². The summed E-state index contributed by atoms with van der Waals surface area (Å²) in [5.41, 5.74) is 0. The van der Waals surface area contributed by atoms with E-state index in [1.165, 1.54) is 33.5 Å². The third-order valence-corrected chi connectivity index (χ3v) is 1.63. The van der Waals surface area contributed by atoms with Crippen molar-refractivity contribution in [3.63, 3.8) is 0 Å². The van der Waals surface area contributed by atoms with Gasteiger partial charge in [-0.3, -0.25) is 9.59 Å². The van der Waals surface area contributed by atoms with Crippen molar-refractivity contribution in [3.8, 4) is 0 Å². The van der Waals surface area contributed by atoms with E-state index in [4.69, 9.17) is 0 Å². The fourth-order valence-electron chi connectivity index (χ4n) is 0.873. The smallest absolute Gasteiger partial charge is 0.310 e. The lowest BCUT2D eigenvalue weighted by Crippen LogP contribution is -2.21. The topological polar surface area (TPSA) is 69.7 Å². The molecule has 0 aliphatic carbocycles. The van der Waals surface area contributed by atoms with Crippen LogP contribution in [0.25, 0.3) is 0 Å². The standard InChI is InChI=1S/C6H15N.C4H6O3.C2H6OS/c1-4-7(5-2)6-3;1-3(5)7-4(2)6;1-4(2)3/h4-6H2,1-3H3;1-2H3;1-2H3. The van der Waals surface area contributed by atoms with Crippen LogP contribution < -0.4 is 0 Å². The molecule has 0 saturated carbocycles. The second-order valence-corrected chi connectivity index (χ2v) is 4.93. The Hall–Kier alpha value is -0.590. The summed E-state index contributed by atoms with van der Waals surface area (Å²) in [5, 5.41) is 0. The Kier molecular flexibility index (Phi) is 20.6. The number of carbonyl (C=O) groups excluding carboxylic acids is 2. The predicted molar refractivity (Wildman–Crippen MR) is 75.9 cm³/mol. The van der Waals surface area contributed by atoms with Gasteiger partial charge in [0, 0.05) is 13.8 Å². The van der Waals surface area contributed by atoms with E-state index in [9.17, 15) is 14.1 Å². The molecule has 5 nitrogen and oxygen atoms in total. The molecule has 0 radical (unpaired) electrons. The van der Waals surface area contributed by atoms with E-state index in [0.29, 0.717) is 0 Å². The van der Waals surface area contributed by atoms with Gasteiger partial charge in [0.2, 0.25) is 0 Å². The van der Waals surface area contributed by atoms with Crippen LogP contribution in [-0.4, -0.2) is 53.5 Å². The summed E-state index contributed by atoms with van der Waals surface area (Å²) in [4.78, 5) is 22.0. The first-order chi connectivity index (χ1) is 8.20. The zero-order valence-corrected chi connectivity index (χ0v) is 13.4. The molecule has 0 atom stereocenters. The van der Waals surface area contributed by atoms with Crippen molar-refractivity contribution in [3.05, 3.63) is 0 Å². The first-order valence-corrected chi connectivity index (χ1v) is 7.84. The number of nitrogens with zero attached hydrogens (tertiary/aromatic N) is 1. The Balaban J connectivity index is -0.000000196. The molecular formula is C12H27NO4S. The molecule has 18 heavy (non-hydrogen) atoms. The highest BCUT2D eigenvalue weighted by Gasteiger charge is 1.93. The van der Waals surface area contributed by atoms with Crippen molar-refractivity contribution in [1.29, 1.82) is 0 Å². The van der Waals surface area contributed by atoms with Crippen LogP contribution in [0, 0.1) is 0 Å². The molecule has 0 spiro atoms. The molecule has 0 fully saturated rings. The minimum Gasteiger partial charge on any atom is -0.617 e. The van der Waals surface area contributed by atoms with Crippen LogP contribution in [0.4, 0.5) is 0 Å². The largest absolute Gasteiger partial charge is 0.617 e. The van der Waals surface area contributed by atoms with Crippen molar-refractivity contribution < 1.29 is 18.9 Å². The van der Waals surface area contributed by atoms with Crippen molar-refractivity contribution in [2.75, 3.05) is 32.1 Å². The quantitative estimate of drug-likeness (QED) is 0.445. The summed E-state index contributed by atoms with van der Waals surface area (Å²) in [5.74, 6) is -1.12. The summed E-state index contributed by atoms with van der Waals surface area (Å²) < 4.78 is 13.5. The maximum Gasteiger partial charge on any atom is 0.310 e. The fourth-order valence-corrected chi connectivity index (χ4v) is 0.873. The van der Waals surface area contributed by atoms with E-state index in [-0.39, 0.29) is 0 Å². The van der Waals surface area contributed by atoms with Gasteiger partial charge in [0.1, 0.15) is 0 Å². The highest BCUT2D eigenvalue weighted by molar-refractivity contribution is 7.89. The minimum absolute atomic E-state index is 0.562. The second-order valence-electron chi connectivity index (χ2n) is 3.45. The fraction of sp³-hybridized carbons (Fsp3) is 0.833. The summed E-state index contributed by atoms with van der Waals surface area (Å²) in [7, 11) is 0. The maximum absolute atomic E-state index is 9.81. The van der Waals surface area contributed by atoms with E-state index in [1.54, 1.807) is 12.5 Å². The molecule has 0 saturated heterocycles. The number of rotatable bonds is 3. The highest BCUT2D eigenvalue weighted by atomic mass is 32.2. The lowest BCUT2D eigenvalue weighted by molar-refractivity contribution is -0.156. The third-order valence-electron chi connectivity index (χ3n) is 1.63. The molecule has 0 aromatic rings. The normalized spacial score (nSPS) is 9.00. The highest BCUT2D eigenvalue weighted by Crippen LogP contribution is 1.81. The molecule has 0 bridgehead atoms. The molecule has 0 amide bonds. The van der Waals surface area contributed by atoms with Crippen LogP contribution in [0.15, 0.2) is 0 Å². The van der Waals surface area contributed by atoms with Crippen LogP contribution in [0.2, 0.25) is 0 Å². The van der Waals surface area contributed by atoms with Crippen LogP contribution >= 0.6 is 0 Å². The maximum atomic E-state index is 9.81. The molecule has 0 rings (SSSR count). The summed E-state index contributed by atoms with van der Waals surface area (Å²) >= 11 is -0.611. The molecule has 0 aromatic heterocycles. The molecule has 0 heterocycles. The Morgan fingerprint density at radius 3 is 1.22 bits per heavy atom.